The Balaban J connectivity index is 2.15. The van der Waals surface area contributed by atoms with E-state index < -0.39 is 10.0 Å². The fraction of sp³-hybridized carbons (Fsp3) is 0.769. The third-order valence-corrected chi connectivity index (χ3v) is 5.51. The second-order valence-electron chi connectivity index (χ2n) is 5.97. The molecule has 1 aliphatic carbocycles. The highest BCUT2D eigenvalue weighted by Gasteiger charge is 2.34. The minimum atomic E-state index is -3.47. The Labute approximate surface area is 115 Å². The largest absolute Gasteiger partial charge is 0.335 e. The third kappa shape index (κ3) is 3.36. The fourth-order valence-electron chi connectivity index (χ4n) is 2.99. The lowest BCUT2D eigenvalue weighted by atomic mass is 9.74. The minimum Gasteiger partial charge on any atom is -0.335 e. The summed E-state index contributed by atoms with van der Waals surface area (Å²) in [5.41, 5.74) is 0. The van der Waals surface area contributed by atoms with Crippen molar-refractivity contribution in [1.29, 1.82) is 0 Å². The fourth-order valence-corrected chi connectivity index (χ4v) is 4.19. The summed E-state index contributed by atoms with van der Waals surface area (Å²) in [4.78, 5) is 6.44. The summed E-state index contributed by atoms with van der Waals surface area (Å²) in [7, 11) is -3.47. The molecular formula is C13H23N3O2S. The van der Waals surface area contributed by atoms with Crippen LogP contribution >= 0.6 is 0 Å². The highest BCUT2D eigenvalue weighted by Crippen LogP contribution is 2.34. The van der Waals surface area contributed by atoms with E-state index in [-0.39, 0.29) is 11.1 Å². The lowest BCUT2D eigenvalue weighted by Crippen LogP contribution is -2.45. The minimum absolute atomic E-state index is 0.0250. The molecule has 1 fully saturated rings. The molecule has 0 aliphatic heterocycles. The van der Waals surface area contributed by atoms with Crippen LogP contribution in [0.15, 0.2) is 17.6 Å². The molecule has 6 heteroatoms. The lowest BCUT2D eigenvalue weighted by Gasteiger charge is -2.37. The monoisotopic (exact) mass is 285 g/mol. The van der Waals surface area contributed by atoms with Gasteiger partial charge in [0.1, 0.15) is 0 Å². The van der Waals surface area contributed by atoms with Crippen LogP contribution in [0.5, 0.6) is 0 Å². The molecule has 0 aromatic carbocycles. The van der Waals surface area contributed by atoms with Crippen molar-refractivity contribution in [3.05, 3.63) is 12.5 Å². The van der Waals surface area contributed by atoms with E-state index in [0.717, 1.165) is 12.8 Å². The number of aromatic amines is 1. The molecule has 0 amide bonds. The number of rotatable bonds is 4. The molecule has 0 bridgehead atoms. The zero-order chi connectivity index (χ0) is 14.0. The number of hydrogen-bond donors (Lipinski definition) is 2. The van der Waals surface area contributed by atoms with E-state index in [0.29, 0.717) is 17.8 Å². The summed E-state index contributed by atoms with van der Waals surface area (Å²) >= 11 is 0. The van der Waals surface area contributed by atoms with Gasteiger partial charge < -0.3 is 4.98 Å². The first-order valence-electron chi connectivity index (χ1n) is 6.91. The average Bonchev–Trinajstić information content (AvgIpc) is 2.81. The molecule has 0 spiro atoms. The summed E-state index contributed by atoms with van der Waals surface area (Å²) in [5, 5.41) is 0.147. The van der Waals surface area contributed by atoms with Gasteiger partial charge in [-0.1, -0.05) is 27.2 Å². The van der Waals surface area contributed by atoms with E-state index in [1.165, 1.54) is 18.9 Å². The van der Waals surface area contributed by atoms with Gasteiger partial charge in [0.2, 0.25) is 0 Å². The quantitative estimate of drug-likeness (QED) is 0.890. The van der Waals surface area contributed by atoms with Crippen LogP contribution in [-0.2, 0) is 10.0 Å². The molecule has 0 radical (unpaired) electrons. The predicted molar refractivity (Wildman–Crippen MR) is 74.0 cm³/mol. The van der Waals surface area contributed by atoms with Gasteiger partial charge in [-0.2, -0.15) is 0 Å². The summed E-state index contributed by atoms with van der Waals surface area (Å²) < 4.78 is 27.4. The van der Waals surface area contributed by atoms with Gasteiger partial charge in [-0.15, -0.1) is 0 Å². The highest BCUT2D eigenvalue weighted by atomic mass is 32.2. The molecule has 3 unspecified atom stereocenters. The van der Waals surface area contributed by atoms with Crippen molar-refractivity contribution >= 4 is 10.0 Å². The van der Waals surface area contributed by atoms with Gasteiger partial charge in [-0.25, -0.2) is 18.1 Å². The first kappa shape index (κ1) is 14.5. The van der Waals surface area contributed by atoms with Crippen LogP contribution in [0.3, 0.4) is 0 Å². The third-order valence-electron chi connectivity index (χ3n) is 4.09. The van der Waals surface area contributed by atoms with E-state index in [1.807, 2.05) is 0 Å². The smallest absolute Gasteiger partial charge is 0.257 e. The highest BCUT2D eigenvalue weighted by molar-refractivity contribution is 7.89. The lowest BCUT2D eigenvalue weighted by molar-refractivity contribution is 0.187. The van der Waals surface area contributed by atoms with Gasteiger partial charge in [-0.3, -0.25) is 0 Å². The molecule has 1 saturated carbocycles. The first-order chi connectivity index (χ1) is 8.90. The maximum atomic E-state index is 12.3. The maximum absolute atomic E-state index is 12.3. The number of nitrogens with zero attached hydrogens (tertiary/aromatic N) is 1. The molecule has 19 heavy (non-hydrogen) atoms. The number of hydrogen-bond acceptors (Lipinski definition) is 3. The molecular weight excluding hydrogens is 262 g/mol. The molecule has 3 atom stereocenters. The maximum Gasteiger partial charge on any atom is 0.257 e. The Morgan fingerprint density at radius 1 is 1.42 bits per heavy atom. The summed E-state index contributed by atoms with van der Waals surface area (Å²) in [6.45, 7) is 6.52. The molecule has 1 aromatic rings. The van der Waals surface area contributed by atoms with E-state index in [9.17, 15) is 8.42 Å². The topological polar surface area (TPSA) is 74.8 Å². The van der Waals surface area contributed by atoms with E-state index in [1.54, 1.807) is 0 Å². The van der Waals surface area contributed by atoms with E-state index in [2.05, 4.69) is 35.5 Å². The predicted octanol–water partition coefficient (Wildman–Crippen LogP) is 2.15. The Bertz CT molecular complexity index is 496. The van der Waals surface area contributed by atoms with Crippen LogP contribution in [0.4, 0.5) is 0 Å². The van der Waals surface area contributed by atoms with Crippen molar-refractivity contribution in [2.45, 2.75) is 51.1 Å². The second kappa shape index (κ2) is 5.63. The van der Waals surface area contributed by atoms with E-state index in [4.69, 9.17) is 0 Å². The Morgan fingerprint density at radius 3 is 2.74 bits per heavy atom. The molecule has 2 rings (SSSR count). The molecule has 0 saturated heterocycles. The van der Waals surface area contributed by atoms with Crippen LogP contribution in [0.2, 0.25) is 0 Å². The van der Waals surface area contributed by atoms with Gasteiger partial charge in [-0.05, 0) is 30.6 Å². The molecule has 1 aliphatic rings. The SMILES string of the molecule is CC1CCC(C(C)C)C(NS(=O)(=O)c2cnc[nH]2)C1. The number of sulfonamides is 1. The van der Waals surface area contributed by atoms with Gasteiger partial charge >= 0.3 is 0 Å². The molecule has 2 N–H and O–H groups in total. The van der Waals surface area contributed by atoms with Gasteiger partial charge in [0.15, 0.2) is 5.03 Å². The summed E-state index contributed by atoms with van der Waals surface area (Å²) in [6.07, 6.45) is 5.92. The normalized spacial score (nSPS) is 28.7. The number of imidazole rings is 1. The molecule has 1 aromatic heterocycles. The first-order valence-corrected chi connectivity index (χ1v) is 8.39. The van der Waals surface area contributed by atoms with Gasteiger partial charge in [0.05, 0.1) is 12.5 Å². The van der Waals surface area contributed by atoms with Crippen LogP contribution in [0.25, 0.3) is 0 Å². The van der Waals surface area contributed by atoms with Crippen molar-refractivity contribution in [3.63, 3.8) is 0 Å². The molecule has 1 heterocycles. The molecule has 108 valence electrons. The number of H-pyrrole nitrogens is 1. The zero-order valence-electron chi connectivity index (χ0n) is 11.8. The van der Waals surface area contributed by atoms with Crippen molar-refractivity contribution in [2.24, 2.45) is 17.8 Å². The standard InChI is InChI=1S/C13H23N3O2S/c1-9(2)11-5-4-10(3)6-12(11)16-19(17,18)13-7-14-8-15-13/h7-12,16H,4-6H2,1-3H3,(H,14,15). The number of nitrogens with one attached hydrogen (secondary N) is 2. The van der Waals surface area contributed by atoms with Crippen LogP contribution in [0, 0.1) is 17.8 Å². The van der Waals surface area contributed by atoms with Crippen molar-refractivity contribution in [3.8, 4) is 0 Å². The summed E-state index contributed by atoms with van der Waals surface area (Å²) in [6, 6.07) is 0.0250. The number of aromatic nitrogens is 2. The zero-order valence-corrected chi connectivity index (χ0v) is 12.6. The van der Waals surface area contributed by atoms with Crippen LogP contribution < -0.4 is 4.72 Å². The average molecular weight is 285 g/mol. The van der Waals surface area contributed by atoms with Crippen molar-refractivity contribution in [1.82, 2.24) is 14.7 Å². The second-order valence-corrected chi connectivity index (χ2v) is 7.65. The van der Waals surface area contributed by atoms with E-state index >= 15 is 0 Å². The molecule has 5 nitrogen and oxygen atoms in total. The van der Waals surface area contributed by atoms with Crippen LogP contribution in [0.1, 0.15) is 40.0 Å². The van der Waals surface area contributed by atoms with Gasteiger partial charge in [0.25, 0.3) is 10.0 Å². The Kier molecular flexibility index (Phi) is 4.30. The Hall–Kier alpha value is -0.880. The van der Waals surface area contributed by atoms with Crippen LogP contribution in [-0.4, -0.2) is 24.4 Å². The summed E-state index contributed by atoms with van der Waals surface area (Å²) in [5.74, 6) is 1.47. The van der Waals surface area contributed by atoms with Crippen molar-refractivity contribution < 1.29 is 8.42 Å². The van der Waals surface area contributed by atoms with Gasteiger partial charge in [0, 0.05) is 6.04 Å². The van der Waals surface area contributed by atoms with Crippen molar-refractivity contribution in [2.75, 3.05) is 0 Å². The Morgan fingerprint density at radius 2 is 2.16 bits per heavy atom.